The summed E-state index contributed by atoms with van der Waals surface area (Å²) in [6, 6.07) is 10.7. The van der Waals surface area contributed by atoms with Gasteiger partial charge in [0.05, 0.1) is 19.3 Å². The van der Waals surface area contributed by atoms with Crippen molar-refractivity contribution in [2.45, 2.75) is 43.7 Å². The fourth-order valence-corrected chi connectivity index (χ4v) is 4.43. The first-order chi connectivity index (χ1) is 10.7. The third-order valence-electron chi connectivity index (χ3n) is 5.57. The van der Waals surface area contributed by atoms with Crippen molar-refractivity contribution < 1.29 is 14.7 Å². The van der Waals surface area contributed by atoms with Crippen LogP contribution in [-0.4, -0.2) is 30.9 Å². The smallest absolute Gasteiger partial charge is 0.165 e. The zero-order valence-corrected chi connectivity index (χ0v) is 13.2. The van der Waals surface area contributed by atoms with E-state index in [-0.39, 0.29) is 12.0 Å². The Bertz CT molecular complexity index is 551. The molecule has 0 aromatic heterocycles. The standard InChI is InChI=1S/C18H24N2O2/c1-22-15-7-5-14(6-8-15)17-16-4-2-3-9-18(16,21)10-12-20(17)13-11-19/h5-8,16-17,21H,2-4,9-10,12-13H2,1H3/p+1/t16-,17+,18+/m1/s1. The Hall–Kier alpha value is -1.57. The lowest BCUT2D eigenvalue weighted by atomic mass is 9.66. The average Bonchev–Trinajstić information content (AvgIpc) is 2.55. The molecule has 0 radical (unpaired) electrons. The van der Waals surface area contributed by atoms with Crippen LogP contribution in [0.15, 0.2) is 24.3 Å². The number of likely N-dealkylation sites (tertiary alicyclic amines) is 1. The fraction of sp³-hybridized carbons (Fsp3) is 0.611. The number of hydrogen-bond acceptors (Lipinski definition) is 3. The van der Waals surface area contributed by atoms with Crippen molar-refractivity contribution in [3.05, 3.63) is 29.8 Å². The summed E-state index contributed by atoms with van der Waals surface area (Å²) < 4.78 is 5.25. The van der Waals surface area contributed by atoms with Crippen LogP contribution in [0.5, 0.6) is 5.75 Å². The molecule has 22 heavy (non-hydrogen) atoms. The molecule has 2 N–H and O–H groups in total. The lowest BCUT2D eigenvalue weighted by molar-refractivity contribution is -0.938. The summed E-state index contributed by atoms with van der Waals surface area (Å²) in [6.45, 7) is 1.38. The van der Waals surface area contributed by atoms with E-state index in [2.05, 4.69) is 18.2 Å². The molecule has 4 atom stereocenters. The number of benzene rings is 1. The molecule has 1 unspecified atom stereocenters. The lowest BCUT2D eigenvalue weighted by Gasteiger charge is -2.49. The van der Waals surface area contributed by atoms with E-state index in [1.54, 1.807) is 7.11 Å². The molecule has 118 valence electrons. The molecule has 0 amide bonds. The van der Waals surface area contributed by atoms with Crippen molar-refractivity contribution in [2.24, 2.45) is 5.92 Å². The van der Waals surface area contributed by atoms with Gasteiger partial charge in [0, 0.05) is 17.9 Å². The van der Waals surface area contributed by atoms with Crippen LogP contribution in [0, 0.1) is 17.2 Å². The van der Waals surface area contributed by atoms with Gasteiger partial charge in [0.25, 0.3) is 0 Å². The molecular formula is C18H25N2O2+. The number of ether oxygens (including phenoxy) is 1. The second-order valence-electron chi connectivity index (χ2n) is 6.70. The average molecular weight is 301 g/mol. The van der Waals surface area contributed by atoms with E-state index >= 15 is 0 Å². The predicted octanol–water partition coefficient (Wildman–Crippen LogP) is 1.47. The van der Waals surface area contributed by atoms with Crippen LogP contribution in [0.1, 0.15) is 43.7 Å². The van der Waals surface area contributed by atoms with Crippen LogP contribution in [-0.2, 0) is 0 Å². The second-order valence-corrected chi connectivity index (χ2v) is 6.70. The lowest BCUT2D eigenvalue weighted by Crippen LogP contribution is -3.15. The van der Waals surface area contributed by atoms with E-state index in [1.165, 1.54) is 16.9 Å². The van der Waals surface area contributed by atoms with Crippen molar-refractivity contribution >= 4 is 0 Å². The first kappa shape index (κ1) is 15.3. The number of hydrogen-bond donors (Lipinski definition) is 2. The van der Waals surface area contributed by atoms with Crippen LogP contribution in [0.25, 0.3) is 0 Å². The monoisotopic (exact) mass is 301 g/mol. The summed E-state index contributed by atoms with van der Waals surface area (Å²) in [7, 11) is 1.67. The summed E-state index contributed by atoms with van der Waals surface area (Å²) in [5.74, 6) is 1.10. The Morgan fingerprint density at radius 2 is 2.09 bits per heavy atom. The van der Waals surface area contributed by atoms with E-state index in [9.17, 15) is 10.4 Å². The molecule has 0 bridgehead atoms. The summed E-state index contributed by atoms with van der Waals surface area (Å²) in [5.41, 5.74) is 0.679. The van der Waals surface area contributed by atoms with Crippen LogP contribution in [0.3, 0.4) is 0 Å². The number of nitrogens with one attached hydrogen (secondary N) is 1. The maximum Gasteiger partial charge on any atom is 0.165 e. The fourth-order valence-electron chi connectivity index (χ4n) is 4.43. The number of aliphatic hydroxyl groups is 1. The van der Waals surface area contributed by atoms with E-state index in [4.69, 9.17) is 4.74 Å². The van der Waals surface area contributed by atoms with Crippen LogP contribution in [0.4, 0.5) is 0 Å². The highest BCUT2D eigenvalue weighted by atomic mass is 16.5. The number of fused-ring (bicyclic) bond motifs is 1. The Balaban J connectivity index is 1.94. The third-order valence-corrected chi connectivity index (χ3v) is 5.57. The van der Waals surface area contributed by atoms with Crippen molar-refractivity contribution in [2.75, 3.05) is 20.2 Å². The first-order valence-corrected chi connectivity index (χ1v) is 8.26. The Labute approximate surface area is 132 Å². The molecule has 1 aliphatic heterocycles. The van der Waals surface area contributed by atoms with Crippen molar-refractivity contribution in [3.63, 3.8) is 0 Å². The highest BCUT2D eigenvalue weighted by Crippen LogP contribution is 2.44. The van der Waals surface area contributed by atoms with Gasteiger partial charge in [-0.05, 0) is 37.1 Å². The van der Waals surface area contributed by atoms with Gasteiger partial charge in [-0.2, -0.15) is 5.26 Å². The van der Waals surface area contributed by atoms with Crippen molar-refractivity contribution in [1.82, 2.24) is 0 Å². The maximum atomic E-state index is 11.1. The van der Waals surface area contributed by atoms with Gasteiger partial charge >= 0.3 is 0 Å². The predicted molar refractivity (Wildman–Crippen MR) is 83.6 cm³/mol. The number of rotatable bonds is 3. The summed E-state index contributed by atoms with van der Waals surface area (Å²) >= 11 is 0. The molecule has 1 aromatic rings. The quantitative estimate of drug-likeness (QED) is 0.831. The summed E-state index contributed by atoms with van der Waals surface area (Å²) in [6.07, 6.45) is 5.09. The highest BCUT2D eigenvalue weighted by Gasteiger charge is 2.51. The summed E-state index contributed by atoms with van der Waals surface area (Å²) in [5, 5.41) is 20.3. The van der Waals surface area contributed by atoms with Gasteiger partial charge < -0.3 is 14.7 Å². The molecule has 3 rings (SSSR count). The number of nitriles is 1. The summed E-state index contributed by atoms with van der Waals surface area (Å²) in [4.78, 5) is 1.30. The van der Waals surface area contributed by atoms with Gasteiger partial charge in [0.15, 0.2) is 6.54 Å². The van der Waals surface area contributed by atoms with E-state index in [0.29, 0.717) is 6.54 Å². The van der Waals surface area contributed by atoms with Gasteiger partial charge in [0.2, 0.25) is 0 Å². The van der Waals surface area contributed by atoms with Gasteiger partial charge in [-0.3, -0.25) is 0 Å². The zero-order chi connectivity index (χ0) is 15.6. The number of nitrogens with zero attached hydrogens (tertiary/aromatic N) is 1. The molecule has 2 aliphatic rings. The minimum absolute atomic E-state index is 0.213. The molecule has 1 aromatic carbocycles. The first-order valence-electron chi connectivity index (χ1n) is 8.26. The maximum absolute atomic E-state index is 11.1. The Kier molecular flexibility index (Phi) is 4.37. The van der Waals surface area contributed by atoms with E-state index < -0.39 is 5.60 Å². The van der Waals surface area contributed by atoms with Gasteiger partial charge in [0.1, 0.15) is 17.9 Å². The van der Waals surface area contributed by atoms with Gasteiger partial charge in [-0.1, -0.05) is 12.8 Å². The third kappa shape index (κ3) is 2.71. The molecule has 1 heterocycles. The molecule has 2 fully saturated rings. The molecule has 1 saturated carbocycles. The Morgan fingerprint density at radius 3 is 2.77 bits per heavy atom. The van der Waals surface area contributed by atoms with E-state index in [0.717, 1.165) is 38.0 Å². The Morgan fingerprint density at radius 1 is 1.32 bits per heavy atom. The molecular weight excluding hydrogens is 276 g/mol. The van der Waals surface area contributed by atoms with Gasteiger partial charge in [-0.25, -0.2) is 0 Å². The highest BCUT2D eigenvalue weighted by molar-refractivity contribution is 5.29. The minimum atomic E-state index is -0.540. The molecule has 1 aliphatic carbocycles. The topological polar surface area (TPSA) is 57.7 Å². The van der Waals surface area contributed by atoms with Crippen LogP contribution >= 0.6 is 0 Å². The zero-order valence-electron chi connectivity index (χ0n) is 13.2. The molecule has 0 spiro atoms. The van der Waals surface area contributed by atoms with E-state index in [1.807, 2.05) is 12.1 Å². The number of piperidine rings is 1. The normalized spacial score (nSPS) is 34.5. The molecule has 4 nitrogen and oxygen atoms in total. The SMILES string of the molecule is COc1ccc([C@H]2[C@H]3CCCC[C@]3(O)CC[NH+]2CC#N)cc1. The van der Waals surface area contributed by atoms with Crippen LogP contribution < -0.4 is 9.64 Å². The second kappa shape index (κ2) is 6.28. The minimum Gasteiger partial charge on any atom is -0.497 e. The van der Waals surface area contributed by atoms with Crippen molar-refractivity contribution in [3.8, 4) is 11.8 Å². The number of methoxy groups -OCH3 is 1. The van der Waals surface area contributed by atoms with Crippen molar-refractivity contribution in [1.29, 1.82) is 5.26 Å². The molecule has 4 heteroatoms. The van der Waals surface area contributed by atoms with Gasteiger partial charge in [-0.15, -0.1) is 0 Å². The largest absolute Gasteiger partial charge is 0.497 e. The van der Waals surface area contributed by atoms with Crippen LogP contribution in [0.2, 0.25) is 0 Å². The molecule has 1 saturated heterocycles. The number of quaternary nitrogens is 1.